The van der Waals surface area contributed by atoms with Gasteiger partial charge in [-0.1, -0.05) is 0 Å². The maximum atomic E-state index is 11.7. The van der Waals surface area contributed by atoms with E-state index in [1.807, 2.05) is 25.5 Å². The van der Waals surface area contributed by atoms with Crippen LogP contribution in [-0.2, 0) is 6.54 Å². The summed E-state index contributed by atoms with van der Waals surface area (Å²) in [4.78, 5) is 11.7. The average Bonchev–Trinajstić information content (AvgIpc) is 2.90. The average molecular weight is 262 g/mol. The van der Waals surface area contributed by atoms with Gasteiger partial charge in [-0.15, -0.1) is 0 Å². The van der Waals surface area contributed by atoms with Crippen LogP contribution in [0.5, 0.6) is 0 Å². The molecular weight excluding hydrogens is 244 g/mol. The lowest BCUT2D eigenvalue weighted by Crippen LogP contribution is -2.28. The quantitative estimate of drug-likeness (QED) is 0.748. The van der Waals surface area contributed by atoms with Gasteiger partial charge >= 0.3 is 0 Å². The summed E-state index contributed by atoms with van der Waals surface area (Å²) in [5, 5.41) is 13.5. The molecule has 0 aliphatic rings. The normalized spacial score (nSPS) is 10.7. The number of carbonyl (C=O) groups is 1. The second-order valence-corrected chi connectivity index (χ2v) is 4.48. The molecule has 0 aromatic carbocycles. The second kappa shape index (κ2) is 5.13. The lowest BCUT2D eigenvalue weighted by molar-refractivity contribution is 0.0947. The number of nitrogen functional groups attached to an aromatic ring is 1. The fraction of sp³-hybridized carbons (Fsp3) is 0.417. The van der Waals surface area contributed by atoms with Gasteiger partial charge in [-0.3, -0.25) is 14.6 Å². The van der Waals surface area contributed by atoms with Crippen molar-refractivity contribution in [2.75, 3.05) is 12.3 Å². The minimum absolute atomic E-state index is 0.220. The van der Waals surface area contributed by atoms with E-state index in [0.717, 1.165) is 11.4 Å². The van der Waals surface area contributed by atoms with Gasteiger partial charge < -0.3 is 11.1 Å². The van der Waals surface area contributed by atoms with E-state index in [4.69, 9.17) is 5.73 Å². The number of aromatic amines is 1. The van der Waals surface area contributed by atoms with Crippen molar-refractivity contribution in [3.8, 4) is 0 Å². The van der Waals surface area contributed by atoms with Crippen LogP contribution in [0, 0.1) is 20.8 Å². The topological polar surface area (TPSA) is 102 Å². The Hall–Kier alpha value is -2.31. The number of hydrogen-bond acceptors (Lipinski definition) is 4. The van der Waals surface area contributed by atoms with Crippen LogP contribution in [0.4, 0.5) is 5.82 Å². The van der Waals surface area contributed by atoms with E-state index in [-0.39, 0.29) is 5.91 Å². The number of aryl methyl sites for hydroxylation is 1. The highest BCUT2D eigenvalue weighted by molar-refractivity contribution is 5.92. The van der Waals surface area contributed by atoms with Gasteiger partial charge in [0, 0.05) is 18.3 Å². The molecule has 0 saturated carbocycles. The van der Waals surface area contributed by atoms with Crippen LogP contribution >= 0.6 is 0 Å². The highest BCUT2D eigenvalue weighted by atomic mass is 16.1. The van der Waals surface area contributed by atoms with Gasteiger partial charge in [0.1, 0.15) is 11.5 Å². The molecule has 0 saturated heterocycles. The Morgan fingerprint density at radius 3 is 2.74 bits per heavy atom. The molecule has 0 spiro atoms. The van der Waals surface area contributed by atoms with Gasteiger partial charge in [0.15, 0.2) is 0 Å². The van der Waals surface area contributed by atoms with Gasteiger partial charge in [-0.05, 0) is 26.3 Å². The van der Waals surface area contributed by atoms with E-state index in [9.17, 15) is 4.79 Å². The third-order valence-corrected chi connectivity index (χ3v) is 3.19. The number of aromatic nitrogens is 4. The standard InChI is InChI=1S/C12H18N6O/c1-7-8(2)17-18(9(7)3)5-4-14-12(19)10-6-11(13)16-15-10/h6H,4-5H2,1-3H3,(H,14,19)(H3,13,15,16). The Morgan fingerprint density at radius 1 is 1.47 bits per heavy atom. The monoisotopic (exact) mass is 262 g/mol. The van der Waals surface area contributed by atoms with Gasteiger partial charge in [-0.25, -0.2) is 0 Å². The molecule has 2 aromatic heterocycles. The first-order valence-electron chi connectivity index (χ1n) is 6.08. The van der Waals surface area contributed by atoms with Crippen LogP contribution in [0.25, 0.3) is 0 Å². The van der Waals surface area contributed by atoms with Crippen LogP contribution in [0.3, 0.4) is 0 Å². The summed E-state index contributed by atoms with van der Waals surface area (Å²) >= 11 is 0. The summed E-state index contributed by atoms with van der Waals surface area (Å²) in [6, 6.07) is 1.50. The molecule has 4 N–H and O–H groups in total. The Balaban J connectivity index is 1.90. The van der Waals surface area contributed by atoms with Crippen molar-refractivity contribution >= 4 is 11.7 Å². The minimum atomic E-state index is -0.220. The van der Waals surface area contributed by atoms with Gasteiger partial charge in [0.2, 0.25) is 0 Å². The van der Waals surface area contributed by atoms with Gasteiger partial charge in [0.05, 0.1) is 12.2 Å². The van der Waals surface area contributed by atoms with Gasteiger partial charge in [0.25, 0.3) is 5.91 Å². The van der Waals surface area contributed by atoms with Crippen LogP contribution in [0.2, 0.25) is 0 Å². The van der Waals surface area contributed by atoms with Crippen molar-refractivity contribution in [3.63, 3.8) is 0 Å². The number of anilines is 1. The van der Waals surface area contributed by atoms with Crippen LogP contribution in [0.1, 0.15) is 27.4 Å². The van der Waals surface area contributed by atoms with Crippen molar-refractivity contribution in [2.45, 2.75) is 27.3 Å². The van der Waals surface area contributed by atoms with Crippen LogP contribution in [0.15, 0.2) is 6.07 Å². The molecule has 2 rings (SSSR count). The molecule has 0 aliphatic heterocycles. The van der Waals surface area contributed by atoms with E-state index in [2.05, 4.69) is 20.6 Å². The predicted octanol–water partition coefficient (Wildman–Crippen LogP) is 0.544. The first-order chi connectivity index (χ1) is 8.99. The second-order valence-electron chi connectivity index (χ2n) is 4.48. The van der Waals surface area contributed by atoms with E-state index in [1.165, 1.54) is 11.6 Å². The van der Waals surface area contributed by atoms with E-state index >= 15 is 0 Å². The third kappa shape index (κ3) is 2.75. The molecule has 0 atom stereocenters. The predicted molar refractivity (Wildman–Crippen MR) is 71.8 cm³/mol. The lowest BCUT2D eigenvalue weighted by atomic mass is 10.2. The molecule has 0 radical (unpaired) electrons. The van der Waals surface area contributed by atoms with Crippen molar-refractivity contribution < 1.29 is 4.79 Å². The zero-order valence-electron chi connectivity index (χ0n) is 11.3. The number of nitrogens with two attached hydrogens (primary N) is 1. The molecule has 0 unspecified atom stereocenters. The van der Waals surface area contributed by atoms with Crippen LogP contribution < -0.4 is 11.1 Å². The molecule has 2 heterocycles. The highest BCUT2D eigenvalue weighted by Gasteiger charge is 2.09. The summed E-state index contributed by atoms with van der Waals surface area (Å²) in [5.74, 6) is 0.0850. The molecule has 0 aliphatic carbocycles. The van der Waals surface area contributed by atoms with E-state index in [1.54, 1.807) is 0 Å². The number of amides is 1. The minimum Gasteiger partial charge on any atom is -0.382 e. The van der Waals surface area contributed by atoms with Crippen molar-refractivity contribution in [3.05, 3.63) is 28.7 Å². The molecule has 7 nitrogen and oxygen atoms in total. The molecule has 2 aromatic rings. The number of H-pyrrole nitrogens is 1. The highest BCUT2D eigenvalue weighted by Crippen LogP contribution is 2.10. The summed E-state index contributed by atoms with van der Waals surface area (Å²) in [7, 11) is 0. The number of nitrogens with zero attached hydrogens (tertiary/aromatic N) is 3. The Kier molecular flexibility index (Phi) is 3.55. The fourth-order valence-electron chi connectivity index (χ4n) is 1.83. The fourth-order valence-corrected chi connectivity index (χ4v) is 1.83. The third-order valence-electron chi connectivity index (χ3n) is 3.19. The van der Waals surface area contributed by atoms with E-state index < -0.39 is 0 Å². The Labute approximate surface area is 111 Å². The molecule has 19 heavy (non-hydrogen) atoms. The Morgan fingerprint density at radius 2 is 2.21 bits per heavy atom. The van der Waals surface area contributed by atoms with Crippen molar-refractivity contribution in [1.29, 1.82) is 0 Å². The first-order valence-corrected chi connectivity index (χ1v) is 6.08. The molecule has 0 bridgehead atoms. The maximum absolute atomic E-state index is 11.7. The number of nitrogens with one attached hydrogen (secondary N) is 2. The Bertz CT molecular complexity index is 597. The molecule has 7 heteroatoms. The smallest absolute Gasteiger partial charge is 0.269 e. The zero-order chi connectivity index (χ0) is 14.0. The number of rotatable bonds is 4. The molecular formula is C12H18N6O. The summed E-state index contributed by atoms with van der Waals surface area (Å²) < 4.78 is 1.90. The lowest BCUT2D eigenvalue weighted by Gasteiger charge is -2.06. The van der Waals surface area contributed by atoms with E-state index in [0.29, 0.717) is 24.6 Å². The molecule has 0 fully saturated rings. The maximum Gasteiger partial charge on any atom is 0.269 e. The van der Waals surface area contributed by atoms with Gasteiger partial charge in [-0.2, -0.15) is 10.2 Å². The summed E-state index contributed by atoms with van der Waals surface area (Å²) in [5.41, 5.74) is 9.13. The first kappa shape index (κ1) is 13.1. The molecule has 102 valence electrons. The number of hydrogen-bond donors (Lipinski definition) is 3. The SMILES string of the molecule is Cc1nn(CCNC(=O)c2cc(N)n[nH]2)c(C)c1C. The van der Waals surface area contributed by atoms with Crippen molar-refractivity contribution in [1.82, 2.24) is 25.3 Å². The summed E-state index contributed by atoms with van der Waals surface area (Å²) in [6.45, 7) is 7.17. The number of carbonyl (C=O) groups excluding carboxylic acids is 1. The van der Waals surface area contributed by atoms with Crippen LogP contribution in [-0.4, -0.2) is 32.4 Å². The zero-order valence-corrected chi connectivity index (χ0v) is 11.3. The summed E-state index contributed by atoms with van der Waals surface area (Å²) in [6.07, 6.45) is 0. The molecule has 1 amide bonds. The van der Waals surface area contributed by atoms with Crippen molar-refractivity contribution in [2.24, 2.45) is 0 Å². The largest absolute Gasteiger partial charge is 0.382 e.